The van der Waals surface area contributed by atoms with Gasteiger partial charge >= 0.3 is 0 Å². The fraction of sp³-hybridized carbons (Fsp3) is 0.357. The Labute approximate surface area is 114 Å². The molecule has 0 atom stereocenters. The van der Waals surface area contributed by atoms with E-state index in [9.17, 15) is 0 Å². The lowest BCUT2D eigenvalue weighted by atomic mass is 10.1. The average Bonchev–Trinajstić information content (AvgIpc) is 3.00. The number of rotatable bonds is 2. The smallest absolute Gasteiger partial charge is 0.0963 e. The van der Waals surface area contributed by atoms with E-state index in [1.807, 2.05) is 17.4 Å². The summed E-state index contributed by atoms with van der Waals surface area (Å²) in [4.78, 5) is 4.80. The Kier molecular flexibility index (Phi) is 3.30. The van der Waals surface area contributed by atoms with Crippen LogP contribution in [0.5, 0.6) is 0 Å². The summed E-state index contributed by atoms with van der Waals surface area (Å²) in [5, 5.41) is 3.52. The minimum absolute atomic E-state index is 0.723. The molecule has 0 radical (unpaired) electrons. The van der Waals surface area contributed by atoms with Crippen molar-refractivity contribution < 1.29 is 0 Å². The minimum Gasteiger partial charge on any atom is -0.241 e. The van der Waals surface area contributed by atoms with Crippen molar-refractivity contribution in [3.8, 4) is 11.3 Å². The van der Waals surface area contributed by atoms with Gasteiger partial charge in [0, 0.05) is 21.3 Å². The van der Waals surface area contributed by atoms with Gasteiger partial charge in [0.1, 0.15) is 0 Å². The molecule has 0 saturated heterocycles. The molecule has 0 amide bonds. The quantitative estimate of drug-likeness (QED) is 0.740. The van der Waals surface area contributed by atoms with Gasteiger partial charge in [-0.2, -0.15) is 0 Å². The molecule has 0 bridgehead atoms. The van der Waals surface area contributed by atoms with E-state index in [0.717, 1.165) is 16.1 Å². The Bertz CT molecular complexity index is 514. The molecule has 17 heavy (non-hydrogen) atoms. The summed E-state index contributed by atoms with van der Waals surface area (Å²) in [6.45, 7) is 0. The highest BCUT2D eigenvalue weighted by Gasteiger charge is 2.20. The van der Waals surface area contributed by atoms with Gasteiger partial charge in [-0.1, -0.05) is 40.9 Å². The lowest BCUT2D eigenvalue weighted by Crippen LogP contribution is -1.90. The zero-order chi connectivity index (χ0) is 11.7. The molecule has 1 aromatic carbocycles. The highest BCUT2D eigenvalue weighted by atomic mass is 79.9. The number of nitrogens with zero attached hydrogens (tertiary/aromatic N) is 1. The molecular formula is C14H14BrNS. The number of benzene rings is 1. The van der Waals surface area contributed by atoms with Crippen LogP contribution in [-0.4, -0.2) is 4.98 Å². The van der Waals surface area contributed by atoms with Crippen molar-refractivity contribution in [3.05, 3.63) is 39.1 Å². The molecule has 3 heteroatoms. The van der Waals surface area contributed by atoms with Crippen LogP contribution in [0.2, 0.25) is 0 Å². The maximum Gasteiger partial charge on any atom is 0.0963 e. The zero-order valence-corrected chi connectivity index (χ0v) is 11.9. The molecule has 88 valence electrons. The second-order valence-corrected chi connectivity index (χ2v) is 6.37. The Hall–Kier alpha value is -0.670. The molecule has 2 aromatic rings. The Balaban J connectivity index is 1.89. The summed E-state index contributed by atoms with van der Waals surface area (Å²) < 4.78 is 1.12. The maximum atomic E-state index is 4.80. The topological polar surface area (TPSA) is 12.9 Å². The Morgan fingerprint density at radius 2 is 2.06 bits per heavy atom. The molecule has 1 nitrogen and oxygen atoms in total. The SMILES string of the molecule is Brc1cccc(-c2csc(C3CCCC3)n2)c1. The average molecular weight is 308 g/mol. The van der Waals surface area contributed by atoms with Crippen molar-refractivity contribution in [2.75, 3.05) is 0 Å². The van der Waals surface area contributed by atoms with E-state index < -0.39 is 0 Å². The lowest BCUT2D eigenvalue weighted by molar-refractivity contribution is 0.717. The molecule has 3 rings (SSSR count). The number of aromatic nitrogens is 1. The zero-order valence-electron chi connectivity index (χ0n) is 9.53. The largest absolute Gasteiger partial charge is 0.241 e. The van der Waals surface area contributed by atoms with Crippen molar-refractivity contribution >= 4 is 27.3 Å². The molecule has 1 aromatic heterocycles. The second kappa shape index (κ2) is 4.91. The fourth-order valence-electron chi connectivity index (χ4n) is 2.43. The predicted octanol–water partition coefficient (Wildman–Crippen LogP) is 5.23. The normalized spacial score (nSPS) is 16.5. The van der Waals surface area contributed by atoms with E-state index in [-0.39, 0.29) is 0 Å². The highest BCUT2D eigenvalue weighted by molar-refractivity contribution is 9.10. The third-order valence-electron chi connectivity index (χ3n) is 3.35. The standard InChI is InChI=1S/C14H14BrNS/c15-12-7-3-6-11(8-12)13-9-17-14(16-13)10-4-1-2-5-10/h3,6-10H,1-2,4-5H2. The van der Waals surface area contributed by atoms with Crippen molar-refractivity contribution in [1.29, 1.82) is 0 Å². The third kappa shape index (κ3) is 2.45. The monoisotopic (exact) mass is 307 g/mol. The maximum absolute atomic E-state index is 4.80. The Morgan fingerprint density at radius 1 is 1.24 bits per heavy atom. The summed E-state index contributed by atoms with van der Waals surface area (Å²) in [6, 6.07) is 8.37. The molecule has 1 aliphatic carbocycles. The molecule has 0 unspecified atom stereocenters. The van der Waals surface area contributed by atoms with Crippen LogP contribution < -0.4 is 0 Å². The van der Waals surface area contributed by atoms with Gasteiger partial charge in [-0.3, -0.25) is 0 Å². The lowest BCUT2D eigenvalue weighted by Gasteiger charge is -2.03. The van der Waals surface area contributed by atoms with Crippen LogP contribution in [0.25, 0.3) is 11.3 Å². The molecule has 1 aliphatic rings. The number of hydrogen-bond donors (Lipinski definition) is 0. The van der Waals surface area contributed by atoms with Crippen molar-refractivity contribution in [3.63, 3.8) is 0 Å². The third-order valence-corrected chi connectivity index (χ3v) is 4.85. The molecule has 0 aliphatic heterocycles. The number of hydrogen-bond acceptors (Lipinski definition) is 2. The van der Waals surface area contributed by atoms with Gasteiger partial charge < -0.3 is 0 Å². The summed E-state index contributed by atoms with van der Waals surface area (Å²) in [5.41, 5.74) is 2.33. The van der Waals surface area contributed by atoms with Gasteiger partial charge in [-0.05, 0) is 25.0 Å². The molecule has 1 saturated carbocycles. The van der Waals surface area contributed by atoms with Gasteiger partial charge in [0.2, 0.25) is 0 Å². The first-order chi connectivity index (χ1) is 8.33. The van der Waals surface area contributed by atoms with Crippen LogP contribution in [-0.2, 0) is 0 Å². The Morgan fingerprint density at radius 3 is 2.82 bits per heavy atom. The fourth-order valence-corrected chi connectivity index (χ4v) is 3.83. The molecule has 0 spiro atoms. The van der Waals surface area contributed by atoms with Gasteiger partial charge in [-0.15, -0.1) is 11.3 Å². The molecule has 1 heterocycles. The molecular weight excluding hydrogens is 294 g/mol. The van der Waals surface area contributed by atoms with Crippen LogP contribution >= 0.6 is 27.3 Å². The van der Waals surface area contributed by atoms with Crippen LogP contribution in [0.4, 0.5) is 0 Å². The van der Waals surface area contributed by atoms with E-state index in [4.69, 9.17) is 4.98 Å². The number of halogens is 1. The van der Waals surface area contributed by atoms with Crippen molar-refractivity contribution in [2.45, 2.75) is 31.6 Å². The first-order valence-corrected chi connectivity index (χ1v) is 7.71. The van der Waals surface area contributed by atoms with Crippen LogP contribution in [0.1, 0.15) is 36.6 Å². The second-order valence-electron chi connectivity index (χ2n) is 4.56. The highest BCUT2D eigenvalue weighted by Crippen LogP contribution is 2.37. The van der Waals surface area contributed by atoms with E-state index in [1.165, 1.54) is 36.3 Å². The summed E-state index contributed by atoms with van der Waals surface area (Å²) in [7, 11) is 0. The first-order valence-electron chi connectivity index (χ1n) is 6.04. The van der Waals surface area contributed by atoms with Gasteiger partial charge in [-0.25, -0.2) is 4.98 Å². The van der Waals surface area contributed by atoms with Crippen molar-refractivity contribution in [2.24, 2.45) is 0 Å². The van der Waals surface area contributed by atoms with Gasteiger partial charge in [0.05, 0.1) is 10.7 Å². The van der Waals surface area contributed by atoms with Crippen LogP contribution in [0, 0.1) is 0 Å². The van der Waals surface area contributed by atoms with Crippen LogP contribution in [0.15, 0.2) is 34.1 Å². The van der Waals surface area contributed by atoms with Gasteiger partial charge in [0.25, 0.3) is 0 Å². The summed E-state index contributed by atoms with van der Waals surface area (Å²) in [6.07, 6.45) is 5.39. The summed E-state index contributed by atoms with van der Waals surface area (Å²) >= 11 is 5.33. The van der Waals surface area contributed by atoms with E-state index in [1.54, 1.807) is 0 Å². The van der Waals surface area contributed by atoms with E-state index in [0.29, 0.717) is 0 Å². The van der Waals surface area contributed by atoms with Crippen molar-refractivity contribution in [1.82, 2.24) is 4.98 Å². The predicted molar refractivity (Wildman–Crippen MR) is 76.5 cm³/mol. The molecule has 0 N–H and O–H groups in total. The first kappa shape index (κ1) is 11.4. The van der Waals surface area contributed by atoms with E-state index in [2.05, 4.69) is 39.5 Å². The van der Waals surface area contributed by atoms with Crippen LogP contribution in [0.3, 0.4) is 0 Å². The minimum atomic E-state index is 0.723. The summed E-state index contributed by atoms with van der Waals surface area (Å²) in [5.74, 6) is 0.723. The van der Waals surface area contributed by atoms with E-state index >= 15 is 0 Å². The number of thiazole rings is 1. The molecule has 1 fully saturated rings. The van der Waals surface area contributed by atoms with Gasteiger partial charge in [0.15, 0.2) is 0 Å².